The van der Waals surface area contributed by atoms with Gasteiger partial charge in [-0.1, -0.05) is 54.6 Å². The summed E-state index contributed by atoms with van der Waals surface area (Å²) in [5, 5.41) is 9.55. The number of rotatable bonds is 8. The first-order chi connectivity index (χ1) is 14.0. The number of likely N-dealkylation sites (N-methyl/N-ethyl adjacent to an activating group) is 1. The summed E-state index contributed by atoms with van der Waals surface area (Å²) >= 11 is 0. The van der Waals surface area contributed by atoms with Gasteiger partial charge in [0.15, 0.2) is 6.04 Å². The highest BCUT2D eigenvalue weighted by Gasteiger charge is 2.35. The highest BCUT2D eigenvalue weighted by molar-refractivity contribution is 5.81. The fourth-order valence-corrected chi connectivity index (χ4v) is 3.80. The minimum Gasteiger partial charge on any atom is -0.480 e. The third-order valence-corrected chi connectivity index (χ3v) is 5.22. The maximum atomic E-state index is 12.6. The lowest BCUT2D eigenvalue weighted by atomic mass is 9.98. The standard InChI is InChI=1S/C23H25NO5/c1-4-13-28-15(2)21(22(25)26)24(3)23(27)29-14-20-18-11-7-5-9-16(18)17-10-6-8-12-19(17)20/h4-12,15,20-21H,1,13-14H2,2-3H3,(H,25,26). The van der Waals surface area contributed by atoms with Crippen LogP contribution in [-0.4, -0.2) is 54.5 Å². The van der Waals surface area contributed by atoms with Crippen LogP contribution in [0.25, 0.3) is 11.1 Å². The zero-order valence-corrected chi connectivity index (χ0v) is 16.6. The second kappa shape index (κ2) is 8.92. The minimum absolute atomic E-state index is 0.0857. The van der Waals surface area contributed by atoms with Crippen LogP contribution in [0.1, 0.15) is 24.0 Å². The van der Waals surface area contributed by atoms with Gasteiger partial charge < -0.3 is 14.6 Å². The molecule has 0 radical (unpaired) electrons. The zero-order chi connectivity index (χ0) is 21.0. The first-order valence-corrected chi connectivity index (χ1v) is 9.48. The van der Waals surface area contributed by atoms with Gasteiger partial charge in [-0.05, 0) is 29.2 Å². The summed E-state index contributed by atoms with van der Waals surface area (Å²) in [4.78, 5) is 25.4. The third kappa shape index (κ3) is 4.17. The van der Waals surface area contributed by atoms with Gasteiger partial charge in [-0.15, -0.1) is 6.58 Å². The number of ether oxygens (including phenoxy) is 2. The number of fused-ring (bicyclic) bond motifs is 3. The first-order valence-electron chi connectivity index (χ1n) is 9.48. The van der Waals surface area contributed by atoms with E-state index < -0.39 is 24.2 Å². The molecule has 2 atom stereocenters. The summed E-state index contributed by atoms with van der Waals surface area (Å²) in [6.07, 6.45) is 0.118. The van der Waals surface area contributed by atoms with Crippen molar-refractivity contribution in [2.24, 2.45) is 0 Å². The molecule has 0 aliphatic heterocycles. The SMILES string of the molecule is C=CCOC(C)C(C(=O)O)N(C)C(=O)OCC1c2ccccc2-c2ccccc21. The Hall–Kier alpha value is -3.12. The maximum absolute atomic E-state index is 12.6. The van der Waals surface area contributed by atoms with E-state index in [1.54, 1.807) is 6.92 Å². The number of benzene rings is 2. The van der Waals surface area contributed by atoms with Crippen LogP contribution in [0, 0.1) is 0 Å². The van der Waals surface area contributed by atoms with Crippen LogP contribution in [0.3, 0.4) is 0 Å². The lowest BCUT2D eigenvalue weighted by Crippen LogP contribution is -2.50. The average molecular weight is 395 g/mol. The van der Waals surface area contributed by atoms with E-state index in [9.17, 15) is 14.7 Å². The number of nitrogens with zero attached hydrogens (tertiary/aromatic N) is 1. The second-order valence-electron chi connectivity index (χ2n) is 7.03. The monoisotopic (exact) mass is 395 g/mol. The first kappa shape index (κ1) is 20.6. The van der Waals surface area contributed by atoms with Crippen LogP contribution < -0.4 is 0 Å². The Morgan fingerprint density at radius 2 is 1.69 bits per heavy atom. The van der Waals surface area contributed by atoms with Crippen molar-refractivity contribution in [1.82, 2.24) is 4.90 Å². The number of carboxylic acids is 1. The number of hydrogen-bond donors (Lipinski definition) is 1. The summed E-state index contributed by atoms with van der Waals surface area (Å²) in [7, 11) is 1.41. The molecule has 6 nitrogen and oxygen atoms in total. The molecule has 2 aromatic rings. The van der Waals surface area contributed by atoms with E-state index in [0.29, 0.717) is 0 Å². The average Bonchev–Trinajstić information content (AvgIpc) is 3.04. The van der Waals surface area contributed by atoms with E-state index in [0.717, 1.165) is 27.2 Å². The fourth-order valence-electron chi connectivity index (χ4n) is 3.80. The highest BCUT2D eigenvalue weighted by atomic mass is 16.6. The summed E-state index contributed by atoms with van der Waals surface area (Å²) < 4.78 is 10.9. The Morgan fingerprint density at radius 1 is 1.14 bits per heavy atom. The zero-order valence-electron chi connectivity index (χ0n) is 16.6. The summed E-state index contributed by atoms with van der Waals surface area (Å²) in [6.45, 7) is 5.48. The van der Waals surface area contributed by atoms with Crippen LogP contribution in [0.4, 0.5) is 4.79 Å². The quantitative estimate of drug-likeness (QED) is 0.686. The van der Waals surface area contributed by atoms with E-state index in [4.69, 9.17) is 9.47 Å². The minimum atomic E-state index is -1.16. The largest absolute Gasteiger partial charge is 0.480 e. The molecule has 0 spiro atoms. The van der Waals surface area contributed by atoms with E-state index in [2.05, 4.69) is 18.7 Å². The van der Waals surface area contributed by atoms with E-state index in [1.807, 2.05) is 36.4 Å². The topological polar surface area (TPSA) is 76.1 Å². The van der Waals surface area contributed by atoms with Gasteiger partial charge in [0.1, 0.15) is 6.61 Å². The number of carbonyl (C=O) groups is 2. The predicted molar refractivity (Wildman–Crippen MR) is 110 cm³/mol. The molecular weight excluding hydrogens is 370 g/mol. The van der Waals surface area contributed by atoms with Gasteiger partial charge in [0, 0.05) is 13.0 Å². The number of carboxylic acid groups (broad SMARTS) is 1. The van der Waals surface area contributed by atoms with Gasteiger partial charge in [0.05, 0.1) is 12.7 Å². The molecule has 3 rings (SSSR count). The van der Waals surface area contributed by atoms with E-state index in [-0.39, 0.29) is 19.1 Å². The van der Waals surface area contributed by atoms with Crippen molar-refractivity contribution in [2.75, 3.05) is 20.3 Å². The van der Waals surface area contributed by atoms with Gasteiger partial charge in [0.2, 0.25) is 0 Å². The normalized spacial score (nSPS) is 14.4. The predicted octanol–water partition coefficient (Wildman–Crippen LogP) is 3.91. The van der Waals surface area contributed by atoms with Crippen molar-refractivity contribution in [3.63, 3.8) is 0 Å². The van der Waals surface area contributed by atoms with Crippen molar-refractivity contribution in [3.05, 3.63) is 72.3 Å². The van der Waals surface area contributed by atoms with Crippen LogP contribution in [-0.2, 0) is 14.3 Å². The molecule has 2 unspecified atom stereocenters. The third-order valence-electron chi connectivity index (χ3n) is 5.22. The molecule has 1 aliphatic rings. The molecule has 0 fully saturated rings. The number of carbonyl (C=O) groups excluding carboxylic acids is 1. The molecule has 0 saturated heterocycles. The molecule has 0 saturated carbocycles. The molecule has 152 valence electrons. The molecule has 6 heteroatoms. The van der Waals surface area contributed by atoms with Crippen LogP contribution in [0.2, 0.25) is 0 Å². The van der Waals surface area contributed by atoms with Crippen LogP contribution >= 0.6 is 0 Å². The van der Waals surface area contributed by atoms with Crippen molar-refractivity contribution in [2.45, 2.75) is 25.0 Å². The fraction of sp³-hybridized carbons (Fsp3) is 0.304. The van der Waals surface area contributed by atoms with E-state index >= 15 is 0 Å². The van der Waals surface area contributed by atoms with Crippen molar-refractivity contribution in [3.8, 4) is 11.1 Å². The summed E-state index contributed by atoms with van der Waals surface area (Å²) in [6, 6.07) is 14.9. The van der Waals surface area contributed by atoms with Crippen LogP contribution in [0.15, 0.2) is 61.2 Å². The molecule has 0 bridgehead atoms. The maximum Gasteiger partial charge on any atom is 0.410 e. The molecule has 1 N–H and O–H groups in total. The van der Waals surface area contributed by atoms with Gasteiger partial charge in [-0.25, -0.2) is 9.59 Å². The lowest BCUT2D eigenvalue weighted by molar-refractivity contribution is -0.147. The second-order valence-corrected chi connectivity index (χ2v) is 7.03. The summed E-state index contributed by atoms with van der Waals surface area (Å²) in [5.74, 6) is -1.24. The Morgan fingerprint density at radius 3 is 2.21 bits per heavy atom. The van der Waals surface area contributed by atoms with Gasteiger partial charge in [0.25, 0.3) is 0 Å². The van der Waals surface area contributed by atoms with Crippen molar-refractivity contribution < 1.29 is 24.2 Å². The van der Waals surface area contributed by atoms with Crippen molar-refractivity contribution >= 4 is 12.1 Å². The van der Waals surface area contributed by atoms with E-state index in [1.165, 1.54) is 13.1 Å². The Labute approximate surface area is 170 Å². The van der Waals surface area contributed by atoms with Gasteiger partial charge >= 0.3 is 12.1 Å². The number of hydrogen-bond acceptors (Lipinski definition) is 4. The molecule has 2 aromatic carbocycles. The molecule has 1 amide bonds. The molecule has 0 aromatic heterocycles. The summed E-state index contributed by atoms with van der Waals surface area (Å²) in [5.41, 5.74) is 4.46. The molecule has 0 heterocycles. The van der Waals surface area contributed by atoms with Crippen LogP contribution in [0.5, 0.6) is 0 Å². The number of amides is 1. The van der Waals surface area contributed by atoms with Gasteiger partial charge in [-0.3, -0.25) is 4.90 Å². The molecular formula is C23H25NO5. The molecule has 1 aliphatic carbocycles. The van der Waals surface area contributed by atoms with Gasteiger partial charge in [-0.2, -0.15) is 0 Å². The highest BCUT2D eigenvalue weighted by Crippen LogP contribution is 2.44. The van der Waals surface area contributed by atoms with Crippen molar-refractivity contribution in [1.29, 1.82) is 0 Å². The Balaban J connectivity index is 1.73. The Bertz CT molecular complexity index is 864. The lowest BCUT2D eigenvalue weighted by Gasteiger charge is -2.29. The number of aliphatic carboxylic acids is 1. The Kier molecular flexibility index (Phi) is 6.34. The molecule has 29 heavy (non-hydrogen) atoms. The smallest absolute Gasteiger partial charge is 0.410 e.